The van der Waals surface area contributed by atoms with E-state index in [0.717, 1.165) is 19.7 Å². The van der Waals surface area contributed by atoms with Gasteiger partial charge in [-0.3, -0.25) is 4.98 Å². The Kier molecular flexibility index (Phi) is 3.11. The molecule has 0 aliphatic heterocycles. The fourth-order valence-corrected chi connectivity index (χ4v) is 2.92. The van der Waals surface area contributed by atoms with Crippen LogP contribution in [-0.4, -0.2) is 16.0 Å². The molecule has 1 aromatic heterocycles. The topological polar surface area (TPSA) is 71.5 Å². The molecule has 0 saturated heterocycles. The van der Waals surface area contributed by atoms with E-state index in [2.05, 4.69) is 42.0 Å². The molecular weight excluding hydrogens is 338 g/mol. The first-order chi connectivity index (χ1) is 7.63. The van der Waals surface area contributed by atoms with Gasteiger partial charge in [0.05, 0.1) is 0 Å². The van der Waals surface area contributed by atoms with E-state index in [0.29, 0.717) is 5.69 Å². The Morgan fingerprint density at radius 3 is 2.81 bits per heavy atom. The van der Waals surface area contributed by atoms with Crippen molar-refractivity contribution in [2.45, 2.75) is 0 Å². The van der Waals surface area contributed by atoms with Crippen LogP contribution in [0.2, 0.25) is 0 Å². The highest BCUT2D eigenvalue weighted by atomic mass is 79.9. The van der Waals surface area contributed by atoms with E-state index in [-0.39, 0.29) is 5.84 Å². The quantitative estimate of drug-likeness (QED) is 0.361. The van der Waals surface area contributed by atoms with Gasteiger partial charge < -0.3 is 10.9 Å². The predicted octanol–water partition coefficient (Wildman–Crippen LogP) is 2.85. The van der Waals surface area contributed by atoms with E-state index < -0.39 is 0 Å². The molecule has 0 aliphatic rings. The number of fused-ring (bicyclic) bond motifs is 1. The van der Waals surface area contributed by atoms with Crippen molar-refractivity contribution in [3.63, 3.8) is 0 Å². The number of benzene rings is 1. The maximum Gasteiger partial charge on any atom is 0.189 e. The third-order valence-corrected chi connectivity index (χ3v) is 3.21. The molecule has 0 atom stereocenters. The van der Waals surface area contributed by atoms with Crippen LogP contribution < -0.4 is 5.73 Å². The van der Waals surface area contributed by atoms with Crippen molar-refractivity contribution in [2.24, 2.45) is 10.9 Å². The van der Waals surface area contributed by atoms with Crippen molar-refractivity contribution >= 4 is 48.5 Å². The molecule has 0 radical (unpaired) electrons. The number of aromatic nitrogens is 1. The summed E-state index contributed by atoms with van der Waals surface area (Å²) in [6, 6.07) is 5.69. The van der Waals surface area contributed by atoms with Gasteiger partial charge >= 0.3 is 0 Å². The van der Waals surface area contributed by atoms with Crippen molar-refractivity contribution in [3.8, 4) is 0 Å². The Morgan fingerprint density at radius 2 is 2.12 bits per heavy atom. The molecule has 2 rings (SSSR count). The zero-order valence-electron chi connectivity index (χ0n) is 7.98. The number of hydrogen-bond acceptors (Lipinski definition) is 3. The van der Waals surface area contributed by atoms with Gasteiger partial charge in [0.15, 0.2) is 5.84 Å². The molecule has 0 unspecified atom stereocenters. The van der Waals surface area contributed by atoms with Gasteiger partial charge in [-0.25, -0.2) is 0 Å². The average molecular weight is 345 g/mol. The molecule has 0 bridgehead atoms. The third-order valence-electron chi connectivity index (χ3n) is 2.13. The van der Waals surface area contributed by atoms with Crippen LogP contribution in [0.25, 0.3) is 10.8 Å². The number of rotatable bonds is 1. The van der Waals surface area contributed by atoms with E-state index in [1.165, 1.54) is 0 Å². The highest BCUT2D eigenvalue weighted by Gasteiger charge is 2.10. The van der Waals surface area contributed by atoms with E-state index in [1.54, 1.807) is 6.20 Å². The summed E-state index contributed by atoms with van der Waals surface area (Å²) >= 11 is 6.83. The molecule has 0 aliphatic carbocycles. The molecule has 6 heteroatoms. The molecule has 16 heavy (non-hydrogen) atoms. The minimum Gasteiger partial charge on any atom is -0.409 e. The van der Waals surface area contributed by atoms with Crippen molar-refractivity contribution in [2.75, 3.05) is 0 Å². The fourth-order valence-electron chi connectivity index (χ4n) is 1.47. The second kappa shape index (κ2) is 4.39. The van der Waals surface area contributed by atoms with Crippen molar-refractivity contribution in [1.82, 2.24) is 4.98 Å². The van der Waals surface area contributed by atoms with Gasteiger partial charge in [0, 0.05) is 20.5 Å². The smallest absolute Gasteiger partial charge is 0.189 e. The lowest BCUT2D eigenvalue weighted by atomic mass is 10.1. The lowest BCUT2D eigenvalue weighted by Crippen LogP contribution is -2.15. The Morgan fingerprint density at radius 1 is 1.38 bits per heavy atom. The Balaban J connectivity index is 2.87. The fraction of sp³-hybridized carbons (Fsp3) is 0. The first-order valence-electron chi connectivity index (χ1n) is 4.35. The first kappa shape index (κ1) is 11.3. The summed E-state index contributed by atoms with van der Waals surface area (Å²) in [5.41, 5.74) is 6.03. The predicted molar refractivity (Wildman–Crippen MR) is 69.7 cm³/mol. The number of hydrogen-bond donors (Lipinski definition) is 2. The zero-order valence-corrected chi connectivity index (χ0v) is 11.2. The summed E-state index contributed by atoms with van der Waals surface area (Å²) < 4.78 is 1.79. The standard InChI is InChI=1S/C10H7Br2N3O/c11-6-3-5-1-2-14-9(10(13)15-16)8(5)7(12)4-6/h1-4,16H,(H2,13,15). The summed E-state index contributed by atoms with van der Waals surface area (Å²) in [7, 11) is 0. The Bertz CT molecular complexity index is 584. The molecule has 0 amide bonds. The largest absolute Gasteiger partial charge is 0.409 e. The maximum atomic E-state index is 8.69. The number of amidine groups is 1. The van der Waals surface area contributed by atoms with Crippen LogP contribution in [0.15, 0.2) is 38.5 Å². The van der Waals surface area contributed by atoms with Gasteiger partial charge in [0.1, 0.15) is 5.69 Å². The molecule has 82 valence electrons. The maximum absolute atomic E-state index is 8.69. The molecule has 0 spiro atoms. The van der Waals surface area contributed by atoms with Gasteiger partial charge in [-0.1, -0.05) is 37.0 Å². The molecule has 2 aromatic rings. The molecule has 1 heterocycles. The van der Waals surface area contributed by atoms with E-state index in [1.807, 2.05) is 18.2 Å². The summed E-state index contributed by atoms with van der Waals surface area (Å²) in [5.74, 6) is -0.00591. The molecular formula is C10H7Br2N3O. The molecule has 3 N–H and O–H groups in total. The van der Waals surface area contributed by atoms with Crippen LogP contribution in [0.4, 0.5) is 0 Å². The number of pyridine rings is 1. The van der Waals surface area contributed by atoms with Gasteiger partial charge in [-0.2, -0.15) is 0 Å². The Labute approximate surface area is 108 Å². The highest BCUT2D eigenvalue weighted by molar-refractivity contribution is 9.11. The second-order valence-electron chi connectivity index (χ2n) is 3.13. The normalized spacial score (nSPS) is 12.0. The third kappa shape index (κ3) is 1.90. The minimum absolute atomic E-state index is 0.00591. The minimum atomic E-state index is -0.00591. The number of halogens is 2. The molecule has 0 saturated carbocycles. The first-order valence-corrected chi connectivity index (χ1v) is 5.93. The number of nitrogens with two attached hydrogens (primary N) is 1. The summed E-state index contributed by atoms with van der Waals surface area (Å²) in [5, 5.41) is 13.4. The van der Waals surface area contributed by atoms with Crippen LogP contribution in [0.1, 0.15) is 5.69 Å². The molecule has 1 aromatic carbocycles. The second-order valence-corrected chi connectivity index (χ2v) is 4.90. The summed E-state index contributed by atoms with van der Waals surface area (Å²) in [6.07, 6.45) is 1.62. The molecule has 0 fully saturated rings. The van der Waals surface area contributed by atoms with Gasteiger partial charge in [-0.05, 0) is 23.6 Å². The highest BCUT2D eigenvalue weighted by Crippen LogP contribution is 2.29. The lowest BCUT2D eigenvalue weighted by Gasteiger charge is -2.06. The van der Waals surface area contributed by atoms with Crippen LogP contribution in [0.3, 0.4) is 0 Å². The Hall–Kier alpha value is -1.14. The van der Waals surface area contributed by atoms with Crippen LogP contribution in [0.5, 0.6) is 0 Å². The van der Waals surface area contributed by atoms with Gasteiger partial charge in [0.2, 0.25) is 0 Å². The lowest BCUT2D eigenvalue weighted by molar-refractivity contribution is 0.318. The SMILES string of the molecule is N/C(=N/O)c1nccc2cc(Br)cc(Br)c12. The van der Waals surface area contributed by atoms with Crippen molar-refractivity contribution < 1.29 is 5.21 Å². The van der Waals surface area contributed by atoms with E-state index in [9.17, 15) is 0 Å². The summed E-state index contributed by atoms with van der Waals surface area (Å²) in [4.78, 5) is 4.11. The van der Waals surface area contributed by atoms with Crippen molar-refractivity contribution in [1.29, 1.82) is 0 Å². The number of nitrogens with zero attached hydrogens (tertiary/aromatic N) is 2. The monoisotopic (exact) mass is 343 g/mol. The van der Waals surface area contributed by atoms with Gasteiger partial charge in [0.25, 0.3) is 0 Å². The molecule has 4 nitrogen and oxygen atoms in total. The van der Waals surface area contributed by atoms with Crippen LogP contribution in [0, 0.1) is 0 Å². The van der Waals surface area contributed by atoms with Crippen LogP contribution in [-0.2, 0) is 0 Å². The van der Waals surface area contributed by atoms with Gasteiger partial charge in [-0.15, -0.1) is 0 Å². The zero-order chi connectivity index (χ0) is 11.7. The van der Waals surface area contributed by atoms with E-state index >= 15 is 0 Å². The van der Waals surface area contributed by atoms with Crippen molar-refractivity contribution in [3.05, 3.63) is 39.0 Å². The summed E-state index contributed by atoms with van der Waals surface area (Å²) in [6.45, 7) is 0. The number of oxime groups is 1. The van der Waals surface area contributed by atoms with E-state index in [4.69, 9.17) is 10.9 Å². The van der Waals surface area contributed by atoms with Crippen LogP contribution >= 0.6 is 31.9 Å². The average Bonchev–Trinajstić information content (AvgIpc) is 2.26.